The molecule has 0 unspecified atom stereocenters. The third-order valence-electron chi connectivity index (χ3n) is 2.96. The maximum atomic E-state index is 6.13. The van der Waals surface area contributed by atoms with Gasteiger partial charge in [0, 0.05) is 36.4 Å². The van der Waals surface area contributed by atoms with Crippen molar-refractivity contribution in [2.75, 3.05) is 18.0 Å². The van der Waals surface area contributed by atoms with Crippen LogP contribution in [0.1, 0.15) is 39.7 Å². The molecule has 1 rings (SSSR count). The molecule has 0 heterocycles. The van der Waals surface area contributed by atoms with E-state index >= 15 is 0 Å². The second-order valence-electron chi connectivity index (χ2n) is 4.89. The molecule has 0 aliphatic rings. The lowest BCUT2D eigenvalue weighted by molar-refractivity contribution is 0.587. The second-order valence-corrected chi connectivity index (χ2v) is 5.32. The fraction of sp³-hybridized carbons (Fsp3) is 0.600. The zero-order chi connectivity index (χ0) is 13.5. The second kappa shape index (κ2) is 7.65. The van der Waals surface area contributed by atoms with Gasteiger partial charge in [0.1, 0.15) is 0 Å². The van der Waals surface area contributed by atoms with Crippen molar-refractivity contribution in [3.05, 3.63) is 28.8 Å². The minimum absolute atomic E-state index is 0.495. The summed E-state index contributed by atoms with van der Waals surface area (Å²) < 4.78 is 0. The third-order valence-corrected chi connectivity index (χ3v) is 3.20. The topological polar surface area (TPSA) is 15.3 Å². The van der Waals surface area contributed by atoms with Gasteiger partial charge in [0.15, 0.2) is 0 Å². The molecule has 0 radical (unpaired) electrons. The minimum Gasteiger partial charge on any atom is -0.372 e. The summed E-state index contributed by atoms with van der Waals surface area (Å²) in [5.41, 5.74) is 2.59. The number of hydrogen-bond donors (Lipinski definition) is 1. The van der Waals surface area contributed by atoms with Crippen molar-refractivity contribution in [1.82, 2.24) is 5.32 Å². The van der Waals surface area contributed by atoms with Crippen LogP contribution in [0.25, 0.3) is 0 Å². The first-order chi connectivity index (χ1) is 8.58. The van der Waals surface area contributed by atoms with Crippen LogP contribution in [0.2, 0.25) is 5.02 Å². The Morgan fingerprint density at radius 2 is 2.00 bits per heavy atom. The van der Waals surface area contributed by atoms with E-state index in [-0.39, 0.29) is 0 Å². The van der Waals surface area contributed by atoms with Gasteiger partial charge in [-0.2, -0.15) is 0 Å². The molecular weight excluding hydrogens is 244 g/mol. The van der Waals surface area contributed by atoms with E-state index in [1.165, 1.54) is 11.3 Å². The van der Waals surface area contributed by atoms with Crippen molar-refractivity contribution in [3.8, 4) is 0 Å². The van der Waals surface area contributed by atoms with Gasteiger partial charge in [0.25, 0.3) is 0 Å². The Hall–Kier alpha value is -0.730. The van der Waals surface area contributed by atoms with Gasteiger partial charge in [-0.15, -0.1) is 0 Å². The molecule has 1 aromatic carbocycles. The van der Waals surface area contributed by atoms with Crippen LogP contribution in [0, 0.1) is 0 Å². The van der Waals surface area contributed by atoms with E-state index in [1.807, 2.05) is 6.07 Å². The maximum absolute atomic E-state index is 6.13. The monoisotopic (exact) mass is 268 g/mol. The zero-order valence-electron chi connectivity index (χ0n) is 12.0. The van der Waals surface area contributed by atoms with Gasteiger partial charge in [-0.3, -0.25) is 0 Å². The molecule has 1 N–H and O–H groups in total. The summed E-state index contributed by atoms with van der Waals surface area (Å²) in [4.78, 5) is 2.39. The van der Waals surface area contributed by atoms with Crippen molar-refractivity contribution >= 4 is 17.3 Å². The Labute approximate surface area is 116 Å². The van der Waals surface area contributed by atoms with E-state index in [9.17, 15) is 0 Å². The summed E-state index contributed by atoms with van der Waals surface area (Å²) in [5, 5.41) is 4.29. The van der Waals surface area contributed by atoms with Crippen molar-refractivity contribution in [2.45, 2.75) is 46.7 Å². The van der Waals surface area contributed by atoms with Crippen LogP contribution in [0.4, 0.5) is 5.69 Å². The largest absolute Gasteiger partial charge is 0.372 e. The van der Waals surface area contributed by atoms with Gasteiger partial charge in [-0.05, 0) is 31.0 Å². The molecule has 0 fully saturated rings. The summed E-state index contributed by atoms with van der Waals surface area (Å²) in [5.74, 6) is 0. The highest BCUT2D eigenvalue weighted by molar-refractivity contribution is 6.30. The molecular formula is C15H25ClN2. The molecule has 0 atom stereocenters. The Morgan fingerprint density at radius 1 is 1.28 bits per heavy atom. The molecule has 0 saturated carbocycles. The molecule has 0 amide bonds. The molecule has 0 aromatic heterocycles. The van der Waals surface area contributed by atoms with Crippen LogP contribution in [-0.2, 0) is 6.54 Å². The van der Waals surface area contributed by atoms with Gasteiger partial charge < -0.3 is 10.2 Å². The zero-order valence-corrected chi connectivity index (χ0v) is 12.7. The van der Waals surface area contributed by atoms with Crippen LogP contribution in [-0.4, -0.2) is 19.1 Å². The molecule has 18 heavy (non-hydrogen) atoms. The smallest absolute Gasteiger partial charge is 0.0426 e. The molecule has 0 aliphatic carbocycles. The van der Waals surface area contributed by atoms with E-state index in [0.717, 1.165) is 31.1 Å². The lowest BCUT2D eigenvalue weighted by Gasteiger charge is -2.26. The number of nitrogens with one attached hydrogen (secondary N) is 1. The standard InChI is InChI=1S/C15H25ClN2/c1-5-9-18(6-2)15-10-14(16)8-7-13(15)11-17-12(3)4/h7-8,10,12,17H,5-6,9,11H2,1-4H3. The van der Waals surface area contributed by atoms with Crippen LogP contribution < -0.4 is 10.2 Å². The molecule has 2 nitrogen and oxygen atoms in total. The average molecular weight is 269 g/mol. The van der Waals surface area contributed by atoms with Crippen molar-refractivity contribution in [3.63, 3.8) is 0 Å². The van der Waals surface area contributed by atoms with E-state index in [4.69, 9.17) is 11.6 Å². The van der Waals surface area contributed by atoms with Gasteiger partial charge >= 0.3 is 0 Å². The molecule has 0 bridgehead atoms. The summed E-state index contributed by atoms with van der Waals surface area (Å²) in [7, 11) is 0. The minimum atomic E-state index is 0.495. The van der Waals surface area contributed by atoms with Crippen LogP contribution >= 0.6 is 11.6 Å². The fourth-order valence-corrected chi connectivity index (χ4v) is 2.18. The lowest BCUT2D eigenvalue weighted by Crippen LogP contribution is -2.27. The van der Waals surface area contributed by atoms with Gasteiger partial charge in [-0.25, -0.2) is 0 Å². The van der Waals surface area contributed by atoms with Crippen molar-refractivity contribution in [2.24, 2.45) is 0 Å². The lowest BCUT2D eigenvalue weighted by atomic mass is 10.1. The first-order valence-corrected chi connectivity index (χ1v) is 7.23. The SMILES string of the molecule is CCCN(CC)c1cc(Cl)ccc1CNC(C)C. The Bertz CT molecular complexity index is 364. The number of benzene rings is 1. The van der Waals surface area contributed by atoms with Crippen molar-refractivity contribution in [1.29, 1.82) is 0 Å². The van der Waals surface area contributed by atoms with Gasteiger partial charge in [0.05, 0.1) is 0 Å². The highest BCUT2D eigenvalue weighted by atomic mass is 35.5. The number of nitrogens with zero attached hydrogens (tertiary/aromatic N) is 1. The van der Waals surface area contributed by atoms with Gasteiger partial charge in [-0.1, -0.05) is 38.4 Å². The Balaban J connectivity index is 2.94. The summed E-state index contributed by atoms with van der Waals surface area (Å²) in [6.07, 6.45) is 1.15. The van der Waals surface area contributed by atoms with E-state index in [1.54, 1.807) is 0 Å². The summed E-state index contributed by atoms with van der Waals surface area (Å²) >= 11 is 6.13. The molecule has 0 aliphatic heterocycles. The summed E-state index contributed by atoms with van der Waals surface area (Å²) in [6, 6.07) is 6.68. The molecule has 102 valence electrons. The average Bonchev–Trinajstić information content (AvgIpc) is 2.34. The molecule has 0 saturated heterocycles. The predicted octanol–water partition coefficient (Wildman–Crippen LogP) is 4.07. The first kappa shape index (κ1) is 15.3. The molecule has 1 aromatic rings. The Morgan fingerprint density at radius 3 is 2.56 bits per heavy atom. The number of rotatable bonds is 7. The van der Waals surface area contributed by atoms with Crippen LogP contribution in [0.3, 0.4) is 0 Å². The number of halogens is 1. The Kier molecular flexibility index (Phi) is 6.51. The predicted molar refractivity (Wildman–Crippen MR) is 81.6 cm³/mol. The van der Waals surface area contributed by atoms with E-state index in [2.05, 4.69) is 50.0 Å². The van der Waals surface area contributed by atoms with E-state index < -0.39 is 0 Å². The quantitative estimate of drug-likeness (QED) is 0.802. The number of hydrogen-bond acceptors (Lipinski definition) is 2. The number of anilines is 1. The molecule has 0 spiro atoms. The normalized spacial score (nSPS) is 11.0. The summed E-state index contributed by atoms with van der Waals surface area (Å²) in [6.45, 7) is 11.7. The van der Waals surface area contributed by atoms with Crippen LogP contribution in [0.5, 0.6) is 0 Å². The highest BCUT2D eigenvalue weighted by Crippen LogP contribution is 2.25. The highest BCUT2D eigenvalue weighted by Gasteiger charge is 2.10. The third kappa shape index (κ3) is 4.51. The van der Waals surface area contributed by atoms with Crippen LogP contribution in [0.15, 0.2) is 18.2 Å². The fourth-order valence-electron chi connectivity index (χ4n) is 2.01. The van der Waals surface area contributed by atoms with E-state index in [0.29, 0.717) is 6.04 Å². The maximum Gasteiger partial charge on any atom is 0.0426 e. The van der Waals surface area contributed by atoms with Crippen molar-refractivity contribution < 1.29 is 0 Å². The molecule has 3 heteroatoms. The first-order valence-electron chi connectivity index (χ1n) is 6.85. The van der Waals surface area contributed by atoms with Gasteiger partial charge in [0.2, 0.25) is 0 Å².